The third kappa shape index (κ3) is 3.27. The summed E-state index contributed by atoms with van der Waals surface area (Å²) in [6.07, 6.45) is 3.06. The smallest absolute Gasteiger partial charge is 0.337 e. The Hall–Kier alpha value is -1.08. The van der Waals surface area contributed by atoms with Crippen molar-refractivity contribution in [2.75, 3.05) is 4.72 Å². The number of halogens is 1. The summed E-state index contributed by atoms with van der Waals surface area (Å²) in [6, 6.07) is 4.41. The molecule has 1 aliphatic carbocycles. The van der Waals surface area contributed by atoms with Gasteiger partial charge in [0.15, 0.2) is 0 Å². The number of benzene rings is 1. The van der Waals surface area contributed by atoms with E-state index in [4.69, 9.17) is 5.11 Å². The molecule has 1 aromatic carbocycles. The lowest BCUT2D eigenvalue weighted by atomic mass is 10.2. The summed E-state index contributed by atoms with van der Waals surface area (Å²) >= 11 is 3.21. The van der Waals surface area contributed by atoms with Crippen LogP contribution >= 0.6 is 15.9 Å². The van der Waals surface area contributed by atoms with Gasteiger partial charge < -0.3 is 5.11 Å². The van der Waals surface area contributed by atoms with E-state index < -0.39 is 21.2 Å². The molecule has 19 heavy (non-hydrogen) atoms. The highest BCUT2D eigenvalue weighted by Gasteiger charge is 2.29. The minimum atomic E-state index is -3.52. The van der Waals surface area contributed by atoms with Crippen molar-refractivity contribution >= 4 is 37.6 Å². The van der Waals surface area contributed by atoms with Crippen molar-refractivity contribution in [3.63, 3.8) is 0 Å². The third-order valence-corrected chi connectivity index (χ3v) is 5.55. The molecule has 0 radical (unpaired) electrons. The summed E-state index contributed by atoms with van der Waals surface area (Å²) in [5, 5.41) is 8.65. The normalized spacial score (nSPS) is 16.5. The van der Waals surface area contributed by atoms with Crippen LogP contribution in [0.1, 0.15) is 36.0 Å². The Morgan fingerprint density at radius 2 is 1.95 bits per heavy atom. The zero-order valence-corrected chi connectivity index (χ0v) is 12.5. The molecule has 0 aliphatic heterocycles. The molecule has 0 bridgehead atoms. The maximum absolute atomic E-state index is 12.2. The van der Waals surface area contributed by atoms with Crippen LogP contribution in [0, 0.1) is 0 Å². The molecule has 0 unspecified atom stereocenters. The number of carboxylic acid groups (broad SMARTS) is 1. The Labute approximate surface area is 120 Å². The fourth-order valence-electron chi connectivity index (χ4n) is 2.22. The predicted molar refractivity (Wildman–Crippen MR) is 75.9 cm³/mol. The predicted octanol–water partition coefficient (Wildman–Crippen LogP) is 2.83. The van der Waals surface area contributed by atoms with Crippen molar-refractivity contribution in [2.24, 2.45) is 0 Å². The summed E-state index contributed by atoms with van der Waals surface area (Å²) in [7, 11) is -3.52. The van der Waals surface area contributed by atoms with E-state index in [0.717, 1.165) is 12.8 Å². The lowest BCUT2D eigenvalue weighted by Crippen LogP contribution is -2.26. The molecular formula is C12H14BrNO4S. The second-order valence-electron chi connectivity index (χ2n) is 4.55. The fraction of sp³-hybridized carbons (Fsp3) is 0.417. The number of aromatic carboxylic acids is 1. The van der Waals surface area contributed by atoms with Gasteiger partial charge >= 0.3 is 5.97 Å². The van der Waals surface area contributed by atoms with Gasteiger partial charge in [0.05, 0.1) is 16.5 Å². The van der Waals surface area contributed by atoms with E-state index >= 15 is 0 Å². The molecule has 0 amide bonds. The molecule has 2 rings (SSSR count). The van der Waals surface area contributed by atoms with Gasteiger partial charge in [-0.1, -0.05) is 28.8 Å². The van der Waals surface area contributed by atoms with Crippen LogP contribution in [-0.4, -0.2) is 24.7 Å². The van der Waals surface area contributed by atoms with Crippen molar-refractivity contribution in [3.8, 4) is 0 Å². The van der Waals surface area contributed by atoms with Gasteiger partial charge in [-0.25, -0.2) is 13.2 Å². The molecule has 1 saturated carbocycles. The average molecular weight is 348 g/mol. The van der Waals surface area contributed by atoms with Gasteiger partial charge in [0.2, 0.25) is 10.0 Å². The van der Waals surface area contributed by atoms with Gasteiger partial charge in [-0.05, 0) is 31.0 Å². The fourth-order valence-corrected chi connectivity index (χ4v) is 4.18. The first-order chi connectivity index (χ1) is 8.90. The van der Waals surface area contributed by atoms with Crippen molar-refractivity contribution < 1.29 is 18.3 Å². The van der Waals surface area contributed by atoms with Crippen molar-refractivity contribution in [2.45, 2.75) is 30.9 Å². The van der Waals surface area contributed by atoms with Gasteiger partial charge in [0, 0.05) is 4.47 Å². The molecule has 0 saturated heterocycles. The first-order valence-corrected chi connectivity index (χ1v) is 8.28. The number of anilines is 1. The first-order valence-electron chi connectivity index (χ1n) is 5.94. The quantitative estimate of drug-likeness (QED) is 0.876. The second kappa shape index (κ2) is 5.50. The van der Waals surface area contributed by atoms with Gasteiger partial charge in [-0.2, -0.15) is 0 Å². The van der Waals surface area contributed by atoms with Crippen molar-refractivity contribution in [1.29, 1.82) is 0 Å². The molecule has 0 aromatic heterocycles. The third-order valence-electron chi connectivity index (χ3n) is 3.21. The standard InChI is InChI=1S/C12H14BrNO4S/c13-8-5-6-10(12(15)16)11(7-8)14-19(17,18)9-3-1-2-4-9/h5-7,9,14H,1-4H2,(H,15,16). The largest absolute Gasteiger partial charge is 0.478 e. The Balaban J connectivity index is 2.32. The van der Waals surface area contributed by atoms with E-state index in [1.807, 2.05) is 0 Å². The Morgan fingerprint density at radius 3 is 2.53 bits per heavy atom. The maximum atomic E-state index is 12.2. The highest BCUT2D eigenvalue weighted by atomic mass is 79.9. The van der Waals surface area contributed by atoms with Crippen LogP contribution in [0.2, 0.25) is 0 Å². The highest BCUT2D eigenvalue weighted by molar-refractivity contribution is 9.10. The van der Waals surface area contributed by atoms with Crippen LogP contribution in [0.5, 0.6) is 0 Å². The van der Waals surface area contributed by atoms with Crippen molar-refractivity contribution in [3.05, 3.63) is 28.2 Å². The van der Waals surface area contributed by atoms with Crippen LogP contribution in [0.15, 0.2) is 22.7 Å². The maximum Gasteiger partial charge on any atom is 0.337 e. The lowest BCUT2D eigenvalue weighted by molar-refractivity contribution is 0.0698. The van der Waals surface area contributed by atoms with E-state index in [2.05, 4.69) is 20.7 Å². The second-order valence-corrected chi connectivity index (χ2v) is 7.43. The minimum Gasteiger partial charge on any atom is -0.478 e. The Morgan fingerprint density at radius 1 is 1.32 bits per heavy atom. The number of carboxylic acids is 1. The molecule has 5 nitrogen and oxygen atoms in total. The molecule has 7 heteroatoms. The highest BCUT2D eigenvalue weighted by Crippen LogP contribution is 2.28. The zero-order valence-electron chi connectivity index (χ0n) is 10.1. The number of sulfonamides is 1. The molecule has 0 heterocycles. The molecule has 2 N–H and O–H groups in total. The molecule has 1 aliphatic rings. The summed E-state index contributed by atoms with van der Waals surface area (Å²) in [5.74, 6) is -1.16. The molecule has 0 atom stereocenters. The first kappa shape index (κ1) is 14.3. The number of nitrogens with one attached hydrogen (secondary N) is 1. The lowest BCUT2D eigenvalue weighted by Gasteiger charge is -2.15. The van der Waals surface area contributed by atoms with Gasteiger partial charge in [-0.3, -0.25) is 4.72 Å². The monoisotopic (exact) mass is 347 g/mol. The topological polar surface area (TPSA) is 83.5 Å². The van der Waals surface area contributed by atoms with Crippen molar-refractivity contribution in [1.82, 2.24) is 0 Å². The summed E-state index contributed by atoms with van der Waals surface area (Å²) in [6.45, 7) is 0. The molecule has 1 aromatic rings. The van der Waals surface area contributed by atoms with Crippen LogP contribution in [0.25, 0.3) is 0 Å². The van der Waals surface area contributed by atoms with E-state index in [0.29, 0.717) is 17.3 Å². The van der Waals surface area contributed by atoms with E-state index in [-0.39, 0.29) is 11.3 Å². The SMILES string of the molecule is O=C(O)c1ccc(Br)cc1NS(=O)(=O)C1CCCC1. The van der Waals surface area contributed by atoms with Crippen LogP contribution in [-0.2, 0) is 10.0 Å². The van der Waals surface area contributed by atoms with E-state index in [9.17, 15) is 13.2 Å². The van der Waals surface area contributed by atoms with E-state index in [1.54, 1.807) is 6.07 Å². The average Bonchev–Trinajstić information content (AvgIpc) is 2.81. The summed E-state index contributed by atoms with van der Waals surface area (Å²) in [4.78, 5) is 11.1. The minimum absolute atomic E-state index is 0.0511. The molecular weight excluding hydrogens is 334 g/mol. The molecule has 104 valence electrons. The number of carbonyl (C=O) groups is 1. The molecule has 0 spiro atoms. The number of hydrogen-bond acceptors (Lipinski definition) is 3. The summed E-state index contributed by atoms with van der Waals surface area (Å²) < 4.78 is 27.4. The Kier molecular flexibility index (Phi) is 4.15. The van der Waals surface area contributed by atoms with Crippen LogP contribution in [0.3, 0.4) is 0 Å². The van der Waals surface area contributed by atoms with Crippen LogP contribution in [0.4, 0.5) is 5.69 Å². The summed E-state index contributed by atoms with van der Waals surface area (Å²) in [5.41, 5.74) is 0.0542. The number of rotatable bonds is 4. The van der Waals surface area contributed by atoms with Gasteiger partial charge in [-0.15, -0.1) is 0 Å². The zero-order chi connectivity index (χ0) is 14.0. The number of hydrogen-bond donors (Lipinski definition) is 2. The Bertz CT molecular complexity index is 594. The van der Waals surface area contributed by atoms with Crippen LogP contribution < -0.4 is 4.72 Å². The molecule has 1 fully saturated rings. The van der Waals surface area contributed by atoms with Gasteiger partial charge in [0.25, 0.3) is 0 Å². The van der Waals surface area contributed by atoms with Gasteiger partial charge in [0.1, 0.15) is 0 Å². The van der Waals surface area contributed by atoms with E-state index in [1.165, 1.54) is 12.1 Å².